The second-order valence-corrected chi connectivity index (χ2v) is 4.66. The number of carbonyl (C=O) groups is 2. The van der Waals surface area contributed by atoms with Crippen LogP contribution in [0.4, 0.5) is 5.69 Å². The van der Waals surface area contributed by atoms with Crippen molar-refractivity contribution in [2.75, 3.05) is 19.4 Å². The fourth-order valence-electron chi connectivity index (χ4n) is 2.23. The molecule has 0 aromatic heterocycles. The van der Waals surface area contributed by atoms with Gasteiger partial charge in [0.15, 0.2) is 11.6 Å². The zero-order valence-corrected chi connectivity index (χ0v) is 12.2. The zero-order chi connectivity index (χ0) is 15.6. The molecule has 1 aromatic carbocycles. The maximum absolute atomic E-state index is 12.6. The molecule has 0 unspecified atom stereocenters. The second kappa shape index (κ2) is 5.68. The van der Waals surface area contributed by atoms with Gasteiger partial charge in [-0.25, -0.2) is 0 Å². The predicted octanol–water partition coefficient (Wildman–Crippen LogP) is 2.16. The van der Waals surface area contributed by atoms with Gasteiger partial charge in [0.25, 0.3) is 0 Å². The van der Waals surface area contributed by atoms with E-state index in [9.17, 15) is 9.59 Å². The minimum Gasteiger partial charge on any atom is -0.388 e. The van der Waals surface area contributed by atoms with E-state index in [0.717, 1.165) is 5.69 Å². The van der Waals surface area contributed by atoms with Crippen LogP contribution in [-0.2, 0) is 0 Å². The molecule has 21 heavy (non-hydrogen) atoms. The number of carbonyl (C=O) groups excluding carboxylic acids is 2. The predicted molar refractivity (Wildman–Crippen MR) is 83.3 cm³/mol. The third-order valence-electron chi connectivity index (χ3n) is 3.50. The van der Waals surface area contributed by atoms with Crippen LogP contribution in [0.1, 0.15) is 27.6 Å². The molecule has 0 saturated heterocycles. The van der Waals surface area contributed by atoms with Crippen molar-refractivity contribution in [2.24, 2.45) is 0 Å². The van der Waals surface area contributed by atoms with Gasteiger partial charge in [-0.05, 0) is 31.2 Å². The molecule has 1 aromatic rings. The van der Waals surface area contributed by atoms with E-state index in [4.69, 9.17) is 6.42 Å². The van der Waals surface area contributed by atoms with Crippen molar-refractivity contribution >= 4 is 17.3 Å². The summed E-state index contributed by atoms with van der Waals surface area (Å²) in [7, 11) is 3.43. The van der Waals surface area contributed by atoms with Crippen LogP contribution >= 0.6 is 0 Å². The van der Waals surface area contributed by atoms with E-state index in [1.807, 2.05) is 0 Å². The smallest absolute Gasteiger partial charge is 0.194 e. The van der Waals surface area contributed by atoms with E-state index < -0.39 is 0 Å². The molecular formula is C17H16N2O2. The van der Waals surface area contributed by atoms with E-state index in [2.05, 4.69) is 16.6 Å². The number of hydrogen-bond donors (Lipinski definition) is 2. The zero-order valence-electron chi connectivity index (χ0n) is 12.2. The third kappa shape index (κ3) is 2.46. The van der Waals surface area contributed by atoms with Gasteiger partial charge in [-0.15, -0.1) is 6.42 Å². The lowest BCUT2D eigenvalue weighted by Gasteiger charge is -2.18. The fraction of sp³-hybridized carbons (Fsp3) is 0.176. The molecule has 0 aliphatic heterocycles. The Morgan fingerprint density at radius 2 is 1.90 bits per heavy atom. The highest BCUT2D eigenvalue weighted by molar-refractivity contribution is 6.28. The Morgan fingerprint density at radius 3 is 2.48 bits per heavy atom. The number of allylic oxidation sites excluding steroid dienone is 4. The lowest BCUT2D eigenvalue weighted by atomic mass is 9.84. The quantitative estimate of drug-likeness (QED) is 0.833. The van der Waals surface area contributed by atoms with Crippen LogP contribution in [-0.4, -0.2) is 25.7 Å². The minimum atomic E-state index is -0.187. The van der Waals surface area contributed by atoms with Gasteiger partial charge >= 0.3 is 0 Å². The van der Waals surface area contributed by atoms with Crippen molar-refractivity contribution in [1.29, 1.82) is 0 Å². The Kier molecular flexibility index (Phi) is 3.95. The van der Waals surface area contributed by atoms with Crippen LogP contribution in [0.25, 0.3) is 0 Å². The molecule has 2 N–H and O–H groups in total. The molecule has 0 spiro atoms. The lowest BCUT2D eigenvalue weighted by molar-refractivity contribution is 0.0978. The molecule has 2 rings (SSSR count). The van der Waals surface area contributed by atoms with E-state index in [0.29, 0.717) is 28.0 Å². The Bertz CT molecular complexity index is 734. The Balaban J connectivity index is 2.61. The molecule has 0 amide bonds. The minimum absolute atomic E-state index is 0.152. The van der Waals surface area contributed by atoms with Crippen molar-refractivity contribution in [3.63, 3.8) is 0 Å². The van der Waals surface area contributed by atoms with Gasteiger partial charge in [0.2, 0.25) is 0 Å². The van der Waals surface area contributed by atoms with Crippen molar-refractivity contribution in [2.45, 2.75) is 6.92 Å². The highest BCUT2D eigenvalue weighted by atomic mass is 16.1. The summed E-state index contributed by atoms with van der Waals surface area (Å²) >= 11 is 0. The molecule has 106 valence electrons. The lowest BCUT2D eigenvalue weighted by Crippen LogP contribution is -2.21. The van der Waals surface area contributed by atoms with Gasteiger partial charge in [-0.1, -0.05) is 5.92 Å². The molecule has 1 aliphatic carbocycles. The number of benzene rings is 1. The van der Waals surface area contributed by atoms with Gasteiger partial charge in [0, 0.05) is 42.1 Å². The Hall–Kier alpha value is -2.80. The van der Waals surface area contributed by atoms with E-state index in [1.165, 1.54) is 0 Å². The monoisotopic (exact) mass is 280 g/mol. The highest BCUT2D eigenvalue weighted by Crippen LogP contribution is 2.29. The summed E-state index contributed by atoms with van der Waals surface area (Å²) in [5, 5.41) is 5.78. The topological polar surface area (TPSA) is 58.2 Å². The number of ketones is 2. The average molecular weight is 280 g/mol. The second-order valence-electron chi connectivity index (χ2n) is 4.66. The number of terminal acetylenes is 1. The Morgan fingerprint density at radius 1 is 1.19 bits per heavy atom. The SMILES string of the molecule is C#C/C(=C\C1=C(C)C(=O)c2cc(NC)ccc2C1=O)NC. The maximum atomic E-state index is 12.6. The highest BCUT2D eigenvalue weighted by Gasteiger charge is 2.29. The molecule has 0 radical (unpaired) electrons. The number of hydrogen-bond acceptors (Lipinski definition) is 4. The molecule has 1 aliphatic rings. The molecular weight excluding hydrogens is 264 g/mol. The summed E-state index contributed by atoms with van der Waals surface area (Å²) in [6.45, 7) is 1.64. The number of nitrogens with one attached hydrogen (secondary N) is 2. The first-order valence-corrected chi connectivity index (χ1v) is 6.51. The van der Waals surface area contributed by atoms with Crippen molar-refractivity contribution in [3.05, 3.63) is 52.2 Å². The maximum Gasteiger partial charge on any atom is 0.194 e. The van der Waals surface area contributed by atoms with Gasteiger partial charge in [-0.2, -0.15) is 0 Å². The Labute approximate surface area is 123 Å². The summed E-state index contributed by atoms with van der Waals surface area (Å²) in [5.41, 5.74) is 2.83. The van der Waals surface area contributed by atoms with Crippen LogP contribution in [0.2, 0.25) is 0 Å². The molecule has 0 bridgehead atoms. The molecule has 0 saturated carbocycles. The van der Waals surface area contributed by atoms with E-state index in [1.54, 1.807) is 45.3 Å². The van der Waals surface area contributed by atoms with Crippen LogP contribution in [0.5, 0.6) is 0 Å². The number of rotatable bonds is 3. The van der Waals surface area contributed by atoms with E-state index >= 15 is 0 Å². The summed E-state index contributed by atoms with van der Waals surface area (Å²) in [6.07, 6.45) is 6.90. The first kappa shape index (κ1) is 14.6. The van der Waals surface area contributed by atoms with Crippen molar-refractivity contribution in [3.8, 4) is 12.3 Å². The van der Waals surface area contributed by atoms with Crippen molar-refractivity contribution in [1.82, 2.24) is 5.32 Å². The number of fused-ring (bicyclic) bond motifs is 1. The fourth-order valence-corrected chi connectivity index (χ4v) is 2.23. The van der Waals surface area contributed by atoms with Crippen LogP contribution in [0, 0.1) is 12.3 Å². The van der Waals surface area contributed by atoms with E-state index in [-0.39, 0.29) is 11.6 Å². The van der Waals surface area contributed by atoms with Gasteiger partial charge < -0.3 is 10.6 Å². The third-order valence-corrected chi connectivity index (χ3v) is 3.50. The van der Waals surface area contributed by atoms with Gasteiger partial charge in [0.1, 0.15) is 0 Å². The molecule has 0 atom stereocenters. The largest absolute Gasteiger partial charge is 0.388 e. The summed E-state index contributed by atoms with van der Waals surface area (Å²) < 4.78 is 0. The average Bonchev–Trinajstić information content (AvgIpc) is 2.52. The summed E-state index contributed by atoms with van der Waals surface area (Å²) in [5.74, 6) is 2.10. The standard InChI is InChI=1S/C17H16N2O2/c1-5-11(18-3)8-14-10(2)16(20)15-9-12(19-4)6-7-13(15)17(14)21/h1,6-9,18-19H,2-4H3/b11-8+. The first-order chi connectivity index (χ1) is 10.0. The molecule has 0 fully saturated rings. The van der Waals surface area contributed by atoms with Crippen LogP contribution in [0.3, 0.4) is 0 Å². The van der Waals surface area contributed by atoms with Crippen LogP contribution in [0.15, 0.2) is 41.1 Å². The molecule has 0 heterocycles. The number of Topliss-reactive ketones (excluding diaryl/α,β-unsaturated/α-hetero) is 2. The first-order valence-electron chi connectivity index (χ1n) is 6.51. The van der Waals surface area contributed by atoms with Crippen LogP contribution < -0.4 is 10.6 Å². The van der Waals surface area contributed by atoms with Gasteiger partial charge in [-0.3, -0.25) is 9.59 Å². The molecule has 4 nitrogen and oxygen atoms in total. The normalized spacial score (nSPS) is 14.7. The molecule has 4 heteroatoms. The summed E-state index contributed by atoms with van der Waals surface area (Å²) in [4.78, 5) is 25.0. The van der Waals surface area contributed by atoms with Crippen molar-refractivity contribution < 1.29 is 9.59 Å². The summed E-state index contributed by atoms with van der Waals surface area (Å²) in [6, 6.07) is 5.13. The van der Waals surface area contributed by atoms with Gasteiger partial charge in [0.05, 0.1) is 5.70 Å². The number of anilines is 1.